The largest absolute Gasteiger partial charge is 0.456 e. The van der Waals surface area contributed by atoms with E-state index in [2.05, 4.69) is 14.6 Å². The first-order chi connectivity index (χ1) is 5.20. The predicted octanol–water partition coefficient (Wildman–Crippen LogP) is 0.635. The Morgan fingerprint density at radius 2 is 2.45 bits per heavy atom. The molecule has 0 aromatic carbocycles. The number of aromatic nitrogens is 2. The Morgan fingerprint density at radius 3 is 2.91 bits per heavy atom. The van der Waals surface area contributed by atoms with Gasteiger partial charge in [0.05, 0.1) is 6.10 Å². The van der Waals surface area contributed by atoms with Gasteiger partial charge in [-0.15, -0.1) is 10.2 Å². The van der Waals surface area contributed by atoms with E-state index in [0.717, 1.165) is 6.39 Å². The molecular weight excluding hydrogens is 148 g/mol. The Hall–Kier alpha value is -1.39. The van der Waals surface area contributed by atoms with Gasteiger partial charge in [-0.2, -0.15) is 0 Å². The molecule has 1 aromatic rings. The summed E-state index contributed by atoms with van der Waals surface area (Å²) in [6.45, 7) is 3.49. The molecule has 0 aliphatic heterocycles. The Morgan fingerprint density at radius 1 is 1.73 bits per heavy atom. The van der Waals surface area contributed by atoms with Gasteiger partial charge in [-0.05, 0) is 13.8 Å². The molecule has 11 heavy (non-hydrogen) atoms. The van der Waals surface area contributed by atoms with Crippen molar-refractivity contribution in [2.24, 2.45) is 0 Å². The van der Waals surface area contributed by atoms with Crippen LogP contribution in [0.2, 0.25) is 0 Å². The van der Waals surface area contributed by atoms with Crippen molar-refractivity contribution in [2.75, 3.05) is 0 Å². The first-order valence-electron chi connectivity index (χ1n) is 3.17. The Kier molecular flexibility index (Phi) is 2.20. The Bertz CT molecular complexity index is 230. The van der Waals surface area contributed by atoms with Crippen LogP contribution in [0.4, 0.5) is 0 Å². The molecule has 5 heteroatoms. The van der Waals surface area contributed by atoms with Crippen molar-refractivity contribution in [3.8, 4) is 0 Å². The van der Waals surface area contributed by atoms with Crippen molar-refractivity contribution in [3.05, 3.63) is 12.3 Å². The van der Waals surface area contributed by atoms with Gasteiger partial charge in [0.2, 0.25) is 6.39 Å². The van der Waals surface area contributed by atoms with E-state index < -0.39 is 5.97 Å². The molecule has 0 aliphatic rings. The zero-order valence-electron chi connectivity index (χ0n) is 6.27. The number of ether oxygens (including phenoxy) is 1. The lowest BCUT2D eigenvalue weighted by Crippen LogP contribution is -2.11. The zero-order valence-corrected chi connectivity index (χ0v) is 6.27. The maximum Gasteiger partial charge on any atom is 0.396 e. The first kappa shape index (κ1) is 7.71. The van der Waals surface area contributed by atoms with E-state index in [4.69, 9.17) is 4.74 Å². The van der Waals surface area contributed by atoms with E-state index in [1.807, 2.05) is 0 Å². The lowest BCUT2D eigenvalue weighted by atomic mass is 10.5. The van der Waals surface area contributed by atoms with Crippen LogP contribution in [-0.2, 0) is 4.74 Å². The summed E-state index contributed by atoms with van der Waals surface area (Å²) in [7, 11) is 0. The average molecular weight is 156 g/mol. The Balaban J connectivity index is 2.57. The normalized spacial score (nSPS) is 10.1. The van der Waals surface area contributed by atoms with E-state index in [0.29, 0.717) is 0 Å². The highest BCUT2D eigenvalue weighted by atomic mass is 16.6. The number of hydrogen-bond acceptors (Lipinski definition) is 5. The second kappa shape index (κ2) is 3.14. The summed E-state index contributed by atoms with van der Waals surface area (Å²) in [6.07, 6.45) is 0.908. The van der Waals surface area contributed by atoms with Crippen LogP contribution in [0.15, 0.2) is 10.8 Å². The molecule has 1 rings (SSSR count). The van der Waals surface area contributed by atoms with Gasteiger partial charge in [0.15, 0.2) is 0 Å². The van der Waals surface area contributed by atoms with Crippen LogP contribution in [0.1, 0.15) is 24.5 Å². The highest BCUT2D eigenvalue weighted by Crippen LogP contribution is 1.98. The molecule has 0 saturated heterocycles. The van der Waals surface area contributed by atoms with Crippen molar-refractivity contribution < 1.29 is 13.9 Å². The summed E-state index contributed by atoms with van der Waals surface area (Å²) < 4.78 is 9.36. The molecule has 0 fully saturated rings. The lowest BCUT2D eigenvalue weighted by molar-refractivity contribution is 0.0332. The number of nitrogens with zero attached hydrogens (tertiary/aromatic N) is 2. The topological polar surface area (TPSA) is 65.2 Å². The third kappa shape index (κ3) is 2.03. The molecule has 0 spiro atoms. The first-order valence-corrected chi connectivity index (χ1v) is 3.17. The fourth-order valence-electron chi connectivity index (χ4n) is 0.526. The molecule has 5 nitrogen and oxygen atoms in total. The SMILES string of the molecule is CC(C)OC(=O)c1nnco1. The lowest BCUT2D eigenvalue weighted by Gasteiger charge is -2.03. The summed E-state index contributed by atoms with van der Waals surface area (Å²) in [5.41, 5.74) is 0. The molecule has 1 heterocycles. The number of carbonyl (C=O) groups excluding carboxylic acids is 1. The van der Waals surface area contributed by atoms with E-state index >= 15 is 0 Å². The minimum absolute atomic E-state index is 0.112. The number of esters is 1. The van der Waals surface area contributed by atoms with Gasteiger partial charge in [-0.25, -0.2) is 4.79 Å². The molecule has 0 amide bonds. The van der Waals surface area contributed by atoms with Gasteiger partial charge in [0.25, 0.3) is 0 Å². The molecular formula is C6H8N2O3. The van der Waals surface area contributed by atoms with Gasteiger partial charge in [0, 0.05) is 0 Å². The fourth-order valence-corrected chi connectivity index (χ4v) is 0.526. The molecule has 60 valence electrons. The van der Waals surface area contributed by atoms with E-state index in [1.165, 1.54) is 0 Å². The number of rotatable bonds is 2. The quantitative estimate of drug-likeness (QED) is 0.587. The third-order valence-electron chi connectivity index (χ3n) is 0.877. The van der Waals surface area contributed by atoms with Gasteiger partial charge >= 0.3 is 11.9 Å². The van der Waals surface area contributed by atoms with Crippen molar-refractivity contribution in [1.82, 2.24) is 10.2 Å². The van der Waals surface area contributed by atoms with E-state index in [1.54, 1.807) is 13.8 Å². The molecule has 0 aliphatic carbocycles. The summed E-state index contributed by atoms with van der Waals surface area (Å²) in [5, 5.41) is 6.71. The summed E-state index contributed by atoms with van der Waals surface area (Å²) in [6, 6.07) is 0. The van der Waals surface area contributed by atoms with Crippen LogP contribution < -0.4 is 0 Å². The molecule has 1 aromatic heterocycles. The summed E-state index contributed by atoms with van der Waals surface area (Å²) in [4.78, 5) is 10.9. The minimum Gasteiger partial charge on any atom is -0.456 e. The third-order valence-corrected chi connectivity index (χ3v) is 0.877. The molecule has 0 bridgehead atoms. The smallest absolute Gasteiger partial charge is 0.396 e. The maximum atomic E-state index is 10.9. The van der Waals surface area contributed by atoms with Crippen LogP contribution in [0.25, 0.3) is 0 Å². The zero-order chi connectivity index (χ0) is 8.27. The second-order valence-corrected chi connectivity index (χ2v) is 2.20. The highest BCUT2D eigenvalue weighted by Gasteiger charge is 2.13. The molecule has 0 unspecified atom stereocenters. The van der Waals surface area contributed by atoms with Crippen LogP contribution in [0, 0.1) is 0 Å². The predicted molar refractivity (Wildman–Crippen MR) is 34.8 cm³/mol. The molecule has 0 saturated carbocycles. The number of carbonyl (C=O) groups is 1. The van der Waals surface area contributed by atoms with Gasteiger partial charge in [-0.1, -0.05) is 0 Å². The molecule has 0 N–H and O–H groups in total. The van der Waals surface area contributed by atoms with Gasteiger partial charge in [-0.3, -0.25) is 0 Å². The monoisotopic (exact) mass is 156 g/mol. The average Bonchev–Trinajstić information content (AvgIpc) is 2.35. The minimum atomic E-state index is -0.586. The van der Waals surface area contributed by atoms with Crippen LogP contribution in [0.3, 0.4) is 0 Å². The highest BCUT2D eigenvalue weighted by molar-refractivity contribution is 5.83. The van der Waals surface area contributed by atoms with Crippen LogP contribution in [0.5, 0.6) is 0 Å². The van der Waals surface area contributed by atoms with E-state index in [9.17, 15) is 4.79 Å². The van der Waals surface area contributed by atoms with E-state index in [-0.39, 0.29) is 12.0 Å². The van der Waals surface area contributed by atoms with Crippen molar-refractivity contribution >= 4 is 5.97 Å². The molecule has 0 atom stereocenters. The second-order valence-electron chi connectivity index (χ2n) is 2.20. The van der Waals surface area contributed by atoms with Gasteiger partial charge in [0.1, 0.15) is 0 Å². The van der Waals surface area contributed by atoms with Crippen LogP contribution >= 0.6 is 0 Å². The maximum absolute atomic E-state index is 10.9. The number of hydrogen-bond donors (Lipinski definition) is 0. The summed E-state index contributed by atoms with van der Waals surface area (Å²) >= 11 is 0. The fraction of sp³-hybridized carbons (Fsp3) is 0.500. The van der Waals surface area contributed by atoms with Crippen molar-refractivity contribution in [3.63, 3.8) is 0 Å². The molecule has 0 radical (unpaired) electrons. The Labute approximate surface area is 63.4 Å². The summed E-state index contributed by atoms with van der Waals surface area (Å²) in [5.74, 6) is -0.698. The van der Waals surface area contributed by atoms with Crippen molar-refractivity contribution in [1.29, 1.82) is 0 Å². The van der Waals surface area contributed by atoms with Crippen molar-refractivity contribution in [2.45, 2.75) is 20.0 Å². The van der Waals surface area contributed by atoms with Crippen LogP contribution in [-0.4, -0.2) is 22.3 Å². The standard InChI is InChI=1S/C6H8N2O3/c1-4(2)11-6(9)5-8-7-3-10-5/h3-4H,1-2H3. The van der Waals surface area contributed by atoms with Gasteiger partial charge < -0.3 is 9.15 Å².